The average molecular weight is 125 g/mol. The molecule has 0 spiro atoms. The van der Waals surface area contributed by atoms with Crippen LogP contribution in [0, 0.1) is 6.92 Å². The molecular formula is C7H9NO. The maximum atomic E-state index is 8.85. The average Bonchev–Trinajstić information content (AvgIpc) is 1.86. The normalized spacial score (nSPS) is 14.4. The van der Waals surface area contributed by atoms with E-state index in [0.29, 0.717) is 0 Å². The highest BCUT2D eigenvalue weighted by atomic mass is 16.3. The summed E-state index contributed by atoms with van der Waals surface area (Å²) in [4.78, 5) is 3.72. The van der Waals surface area contributed by atoms with Crippen LogP contribution >= 0.6 is 0 Å². The molecule has 0 aliphatic rings. The molecule has 0 aliphatic carbocycles. The van der Waals surface area contributed by atoms with Crippen molar-refractivity contribution in [2.24, 2.45) is 0 Å². The molecule has 0 unspecified atom stereocenters. The molecule has 2 nitrogen and oxygen atoms in total. The fraction of sp³-hybridized carbons (Fsp3) is 0.286. The SMILES string of the molecule is [2H]C([2H])(O)c1ccc(C)cn1. The van der Waals surface area contributed by atoms with Crippen LogP contribution in [0.25, 0.3) is 0 Å². The summed E-state index contributed by atoms with van der Waals surface area (Å²) in [5.41, 5.74) is 0.987. The van der Waals surface area contributed by atoms with E-state index in [4.69, 9.17) is 7.85 Å². The van der Waals surface area contributed by atoms with Crippen molar-refractivity contribution in [3.8, 4) is 0 Å². The molecule has 0 saturated carbocycles. The number of hydrogen-bond acceptors (Lipinski definition) is 2. The van der Waals surface area contributed by atoms with Gasteiger partial charge in [0.25, 0.3) is 0 Å². The summed E-state index contributed by atoms with van der Waals surface area (Å²) in [6, 6.07) is 3.17. The van der Waals surface area contributed by atoms with Gasteiger partial charge in [-0.05, 0) is 18.6 Å². The van der Waals surface area contributed by atoms with Crippen LogP contribution in [-0.2, 0) is 6.56 Å². The Morgan fingerprint density at radius 3 is 3.00 bits per heavy atom. The monoisotopic (exact) mass is 125 g/mol. The molecule has 0 saturated heterocycles. The molecule has 0 bridgehead atoms. The van der Waals surface area contributed by atoms with Gasteiger partial charge in [-0.3, -0.25) is 4.98 Å². The van der Waals surface area contributed by atoms with Crippen molar-refractivity contribution in [3.05, 3.63) is 29.6 Å². The Bertz CT molecular complexity index is 240. The van der Waals surface area contributed by atoms with Gasteiger partial charge in [0.05, 0.1) is 15.0 Å². The summed E-state index contributed by atoms with van der Waals surface area (Å²) >= 11 is 0. The molecule has 1 rings (SSSR count). The summed E-state index contributed by atoms with van der Waals surface area (Å²) in [7, 11) is 0. The first-order valence-electron chi connectivity index (χ1n) is 3.65. The summed E-state index contributed by atoms with van der Waals surface area (Å²) in [5, 5.41) is 8.85. The van der Waals surface area contributed by atoms with Gasteiger partial charge in [-0.1, -0.05) is 6.07 Å². The van der Waals surface area contributed by atoms with Crippen molar-refractivity contribution in [1.82, 2.24) is 4.98 Å². The lowest BCUT2D eigenvalue weighted by Gasteiger charge is -1.93. The van der Waals surface area contributed by atoms with Crippen molar-refractivity contribution in [2.75, 3.05) is 0 Å². The summed E-state index contributed by atoms with van der Waals surface area (Å²) in [5.74, 6) is 0. The number of pyridine rings is 1. The van der Waals surface area contributed by atoms with Gasteiger partial charge in [0.1, 0.15) is 0 Å². The van der Waals surface area contributed by atoms with Crippen molar-refractivity contribution in [2.45, 2.75) is 13.5 Å². The third-order valence-corrected chi connectivity index (χ3v) is 1.03. The smallest absolute Gasteiger partial charge is 0.0852 e. The van der Waals surface area contributed by atoms with E-state index in [0.717, 1.165) is 5.56 Å². The van der Waals surface area contributed by atoms with Gasteiger partial charge in [-0.15, -0.1) is 0 Å². The van der Waals surface area contributed by atoms with E-state index in [1.54, 1.807) is 6.07 Å². The number of nitrogens with zero attached hydrogens (tertiary/aromatic N) is 1. The van der Waals surface area contributed by atoms with Gasteiger partial charge in [-0.2, -0.15) is 0 Å². The van der Waals surface area contributed by atoms with Crippen molar-refractivity contribution < 1.29 is 7.85 Å². The third kappa shape index (κ3) is 1.50. The van der Waals surface area contributed by atoms with Crippen molar-refractivity contribution in [3.63, 3.8) is 0 Å². The van der Waals surface area contributed by atoms with E-state index in [1.165, 1.54) is 12.3 Å². The summed E-state index contributed by atoms with van der Waals surface area (Å²) in [6.07, 6.45) is 1.52. The van der Waals surface area contributed by atoms with E-state index in [-0.39, 0.29) is 5.69 Å². The second kappa shape index (κ2) is 2.60. The topological polar surface area (TPSA) is 33.1 Å². The molecule has 0 atom stereocenters. The molecule has 0 radical (unpaired) electrons. The molecule has 0 amide bonds. The van der Waals surface area contributed by atoms with Crippen LogP contribution in [0.1, 0.15) is 14.0 Å². The molecule has 1 aromatic heterocycles. The predicted molar refractivity (Wildman–Crippen MR) is 34.9 cm³/mol. The minimum absolute atomic E-state index is 0.0445. The maximum Gasteiger partial charge on any atom is 0.0852 e. The van der Waals surface area contributed by atoms with Crippen LogP contribution in [0.2, 0.25) is 0 Å². The molecule has 1 N–H and O–H groups in total. The standard InChI is InChI=1S/C7H9NO/c1-6-2-3-7(5-9)8-4-6/h2-4,9H,5H2,1H3/i5D2. The first-order valence-corrected chi connectivity index (χ1v) is 2.65. The Hall–Kier alpha value is -0.890. The van der Waals surface area contributed by atoms with Crippen molar-refractivity contribution in [1.29, 1.82) is 0 Å². The Kier molecular flexibility index (Phi) is 1.16. The van der Waals surface area contributed by atoms with Gasteiger partial charge >= 0.3 is 0 Å². The Labute approximate surface area is 57.0 Å². The Morgan fingerprint density at radius 1 is 1.78 bits per heavy atom. The van der Waals surface area contributed by atoms with Gasteiger partial charge in [0.2, 0.25) is 0 Å². The summed E-state index contributed by atoms with van der Waals surface area (Å²) < 4.78 is 13.8. The Morgan fingerprint density at radius 2 is 2.56 bits per heavy atom. The molecule has 1 heterocycles. The number of rotatable bonds is 1. The fourth-order valence-corrected chi connectivity index (χ4v) is 0.534. The zero-order valence-electron chi connectivity index (χ0n) is 7.13. The van der Waals surface area contributed by atoms with E-state index in [2.05, 4.69) is 4.98 Å². The highest BCUT2D eigenvalue weighted by Crippen LogP contribution is 1.96. The highest BCUT2D eigenvalue weighted by Gasteiger charge is 1.87. The minimum Gasteiger partial charge on any atom is -0.390 e. The Balaban J connectivity index is 2.99. The zero-order valence-corrected chi connectivity index (χ0v) is 5.13. The van der Waals surface area contributed by atoms with Gasteiger partial charge < -0.3 is 5.11 Å². The third-order valence-electron chi connectivity index (χ3n) is 1.03. The lowest BCUT2D eigenvalue weighted by molar-refractivity contribution is 0.277. The lowest BCUT2D eigenvalue weighted by Crippen LogP contribution is -1.87. The van der Waals surface area contributed by atoms with Crippen LogP contribution < -0.4 is 0 Å². The van der Waals surface area contributed by atoms with E-state index in [1.807, 2.05) is 6.92 Å². The van der Waals surface area contributed by atoms with Crippen molar-refractivity contribution >= 4 is 0 Å². The van der Waals surface area contributed by atoms with Gasteiger partial charge in [-0.25, -0.2) is 0 Å². The second-order valence-corrected chi connectivity index (χ2v) is 1.83. The minimum atomic E-state index is -2.33. The van der Waals surface area contributed by atoms with Crippen LogP contribution in [0.5, 0.6) is 0 Å². The zero-order chi connectivity index (χ0) is 8.48. The van der Waals surface area contributed by atoms with Crippen LogP contribution in [0.15, 0.2) is 18.3 Å². The molecule has 0 aliphatic heterocycles. The van der Waals surface area contributed by atoms with Gasteiger partial charge in [0.15, 0.2) is 0 Å². The molecular weight excluding hydrogens is 114 g/mol. The molecule has 48 valence electrons. The first-order chi connectivity index (χ1) is 5.00. The summed E-state index contributed by atoms with van der Waals surface area (Å²) in [6.45, 7) is -0.475. The highest BCUT2D eigenvalue weighted by molar-refractivity contribution is 5.11. The largest absolute Gasteiger partial charge is 0.390 e. The predicted octanol–water partition coefficient (Wildman–Crippen LogP) is 0.882. The van der Waals surface area contributed by atoms with E-state index >= 15 is 0 Å². The maximum absolute atomic E-state index is 8.85. The molecule has 1 aromatic rings. The lowest BCUT2D eigenvalue weighted by atomic mass is 10.3. The van der Waals surface area contributed by atoms with Crippen LogP contribution in [0.3, 0.4) is 0 Å². The van der Waals surface area contributed by atoms with E-state index in [9.17, 15) is 0 Å². The molecule has 0 fully saturated rings. The molecule has 0 aromatic carbocycles. The second-order valence-electron chi connectivity index (χ2n) is 1.83. The quantitative estimate of drug-likeness (QED) is 0.604. The van der Waals surface area contributed by atoms with E-state index < -0.39 is 6.56 Å². The number of aliphatic hydroxyl groups is 1. The van der Waals surface area contributed by atoms with Crippen LogP contribution in [0.4, 0.5) is 0 Å². The number of hydrogen-bond donors (Lipinski definition) is 1. The number of aromatic nitrogens is 1. The van der Waals surface area contributed by atoms with Gasteiger partial charge in [0, 0.05) is 6.20 Å². The number of aryl methyl sites for hydroxylation is 1. The molecule has 2 heteroatoms. The first kappa shape index (κ1) is 4.01. The molecule has 9 heavy (non-hydrogen) atoms. The van der Waals surface area contributed by atoms with Crippen LogP contribution in [-0.4, -0.2) is 10.1 Å². The fourth-order valence-electron chi connectivity index (χ4n) is 0.534.